The molecule has 0 saturated carbocycles. The summed E-state index contributed by atoms with van der Waals surface area (Å²) >= 11 is 6.10. The van der Waals surface area contributed by atoms with Crippen molar-refractivity contribution >= 4 is 28.9 Å². The van der Waals surface area contributed by atoms with E-state index in [0.717, 1.165) is 11.1 Å². The average Bonchev–Trinajstić information content (AvgIpc) is 3.29. The molecule has 0 bridgehead atoms. The first-order chi connectivity index (χ1) is 16.8. The summed E-state index contributed by atoms with van der Waals surface area (Å²) < 4.78 is 12.9. The summed E-state index contributed by atoms with van der Waals surface area (Å²) in [5, 5.41) is 18.7. The topological polar surface area (TPSA) is 109 Å². The summed E-state index contributed by atoms with van der Waals surface area (Å²) in [7, 11) is 0. The number of carbonyl (C=O) groups excluding carboxylic acids is 1. The highest BCUT2D eigenvalue weighted by molar-refractivity contribution is 6.32. The van der Waals surface area contributed by atoms with Crippen molar-refractivity contribution in [3.63, 3.8) is 0 Å². The fraction of sp³-hybridized carbons (Fsp3) is 0.120. The number of nitro groups is 1. The number of para-hydroxylation sites is 1. The predicted molar refractivity (Wildman–Crippen MR) is 131 cm³/mol. The number of non-ortho nitro benzene ring substituents is 1. The summed E-state index contributed by atoms with van der Waals surface area (Å²) in [6, 6.07) is 18.2. The van der Waals surface area contributed by atoms with Crippen molar-refractivity contribution in [3.05, 3.63) is 105 Å². The van der Waals surface area contributed by atoms with Gasteiger partial charge in [0.25, 0.3) is 11.6 Å². The molecule has 178 valence electrons. The van der Waals surface area contributed by atoms with Crippen LogP contribution in [0.3, 0.4) is 0 Å². The minimum Gasteiger partial charge on any atom is -0.470 e. The van der Waals surface area contributed by atoms with Gasteiger partial charge in [0.1, 0.15) is 22.9 Å². The van der Waals surface area contributed by atoms with Gasteiger partial charge >= 0.3 is 0 Å². The molecule has 1 aromatic heterocycles. The molecule has 1 heterocycles. The molecule has 0 atom stereocenters. The van der Waals surface area contributed by atoms with Gasteiger partial charge in [0.2, 0.25) is 0 Å². The number of anilines is 1. The number of rotatable bonds is 8. The van der Waals surface area contributed by atoms with Crippen molar-refractivity contribution in [1.29, 1.82) is 0 Å². The lowest BCUT2D eigenvalue weighted by Crippen LogP contribution is -2.19. The van der Waals surface area contributed by atoms with Crippen LogP contribution in [0.15, 0.2) is 72.9 Å². The number of ether oxygens (including phenoxy) is 2. The van der Waals surface area contributed by atoms with E-state index in [-0.39, 0.29) is 29.5 Å². The van der Waals surface area contributed by atoms with Crippen LogP contribution < -0.4 is 14.8 Å². The lowest BCUT2D eigenvalue weighted by atomic mass is 10.1. The summed E-state index contributed by atoms with van der Waals surface area (Å²) in [6.07, 6.45) is 1.45. The fourth-order valence-electron chi connectivity index (χ4n) is 3.28. The molecule has 0 fully saturated rings. The van der Waals surface area contributed by atoms with E-state index in [2.05, 4.69) is 10.4 Å². The Morgan fingerprint density at radius 2 is 1.89 bits per heavy atom. The number of hydrogen-bond donors (Lipinski definition) is 1. The maximum atomic E-state index is 13.0. The van der Waals surface area contributed by atoms with Crippen LogP contribution >= 0.6 is 11.6 Å². The van der Waals surface area contributed by atoms with Crippen molar-refractivity contribution in [3.8, 4) is 17.2 Å². The van der Waals surface area contributed by atoms with E-state index < -0.39 is 10.8 Å². The number of hydrogen-bond acceptors (Lipinski definition) is 6. The van der Waals surface area contributed by atoms with E-state index in [0.29, 0.717) is 16.5 Å². The Labute approximate surface area is 206 Å². The average molecular weight is 493 g/mol. The monoisotopic (exact) mass is 492 g/mol. The second-order valence-corrected chi connectivity index (χ2v) is 8.12. The van der Waals surface area contributed by atoms with Gasteiger partial charge in [0.05, 0.1) is 21.7 Å². The van der Waals surface area contributed by atoms with Gasteiger partial charge in [0, 0.05) is 18.3 Å². The van der Waals surface area contributed by atoms with E-state index >= 15 is 0 Å². The third kappa shape index (κ3) is 5.77. The van der Waals surface area contributed by atoms with Gasteiger partial charge in [-0.15, -0.1) is 0 Å². The largest absolute Gasteiger partial charge is 0.470 e. The van der Waals surface area contributed by atoms with Crippen molar-refractivity contribution < 1.29 is 19.2 Å². The van der Waals surface area contributed by atoms with Crippen LogP contribution in [0.25, 0.3) is 0 Å². The molecule has 0 aliphatic rings. The van der Waals surface area contributed by atoms with Crippen LogP contribution in [0.1, 0.15) is 21.6 Å². The molecule has 10 heteroatoms. The molecule has 4 rings (SSSR count). The van der Waals surface area contributed by atoms with E-state index in [1.54, 1.807) is 24.3 Å². The maximum absolute atomic E-state index is 13.0. The number of aromatic nitrogens is 2. The van der Waals surface area contributed by atoms with Gasteiger partial charge in [-0.25, -0.2) is 4.68 Å². The van der Waals surface area contributed by atoms with Crippen LogP contribution in [-0.2, 0) is 6.73 Å². The highest BCUT2D eigenvalue weighted by atomic mass is 35.5. The van der Waals surface area contributed by atoms with E-state index in [1.807, 2.05) is 32.0 Å². The van der Waals surface area contributed by atoms with Crippen molar-refractivity contribution in [2.75, 3.05) is 5.32 Å². The molecule has 0 unspecified atom stereocenters. The second-order valence-electron chi connectivity index (χ2n) is 7.72. The zero-order chi connectivity index (χ0) is 24.9. The normalized spacial score (nSPS) is 10.6. The Morgan fingerprint density at radius 3 is 2.66 bits per heavy atom. The van der Waals surface area contributed by atoms with Crippen molar-refractivity contribution in [2.24, 2.45) is 0 Å². The minimum atomic E-state index is -0.548. The van der Waals surface area contributed by atoms with Gasteiger partial charge < -0.3 is 14.8 Å². The highest BCUT2D eigenvalue weighted by Gasteiger charge is 2.17. The first-order valence-electron chi connectivity index (χ1n) is 10.6. The third-order valence-electron chi connectivity index (χ3n) is 5.06. The Hall–Kier alpha value is -4.37. The predicted octanol–water partition coefficient (Wildman–Crippen LogP) is 6.14. The molecule has 3 aromatic carbocycles. The molecular weight excluding hydrogens is 472 g/mol. The van der Waals surface area contributed by atoms with Crippen molar-refractivity contribution in [1.82, 2.24) is 9.78 Å². The Morgan fingerprint density at radius 1 is 1.09 bits per heavy atom. The standard InChI is InChI=1S/C25H21ClN4O5/c1-16-7-8-17(2)24(11-16)35-20-13-18(12-19(14-20)30(32)33)28-25(31)22-9-10-27-29(22)15-34-23-6-4-3-5-21(23)26/h3-14H,15H2,1-2H3,(H,28,31). The molecular formula is C25H21ClN4O5. The Balaban J connectivity index is 1.54. The summed E-state index contributed by atoms with van der Waals surface area (Å²) in [6.45, 7) is 3.74. The number of nitrogens with zero attached hydrogens (tertiary/aromatic N) is 3. The highest BCUT2D eigenvalue weighted by Crippen LogP contribution is 2.32. The van der Waals surface area contributed by atoms with Crippen LogP contribution in [0.2, 0.25) is 5.02 Å². The molecule has 0 aliphatic carbocycles. The van der Waals surface area contributed by atoms with Crippen LogP contribution in [0, 0.1) is 24.0 Å². The Kier molecular flexibility index (Phi) is 6.98. The van der Waals surface area contributed by atoms with E-state index in [4.69, 9.17) is 21.1 Å². The van der Waals surface area contributed by atoms with Gasteiger partial charge in [-0.1, -0.05) is 35.9 Å². The number of amides is 1. The van der Waals surface area contributed by atoms with Crippen LogP contribution in [-0.4, -0.2) is 20.6 Å². The SMILES string of the molecule is Cc1ccc(C)c(Oc2cc(NC(=O)c3ccnn3COc3ccccc3Cl)cc([N+](=O)[O-])c2)c1. The minimum absolute atomic E-state index is 0.0601. The zero-order valence-corrected chi connectivity index (χ0v) is 19.7. The first kappa shape index (κ1) is 23.8. The van der Waals surface area contributed by atoms with E-state index in [1.165, 1.54) is 35.1 Å². The van der Waals surface area contributed by atoms with Gasteiger partial charge in [-0.05, 0) is 49.2 Å². The molecule has 0 spiro atoms. The summed E-state index contributed by atoms with van der Waals surface area (Å²) in [5.74, 6) is 0.711. The van der Waals surface area contributed by atoms with E-state index in [9.17, 15) is 14.9 Å². The molecule has 1 amide bonds. The molecule has 1 N–H and O–H groups in total. The smallest absolute Gasteiger partial charge is 0.275 e. The number of nitro benzene ring substituents is 1. The molecule has 35 heavy (non-hydrogen) atoms. The molecule has 0 aliphatic heterocycles. The first-order valence-corrected chi connectivity index (χ1v) is 10.9. The van der Waals surface area contributed by atoms with Crippen molar-refractivity contribution in [2.45, 2.75) is 20.6 Å². The molecule has 9 nitrogen and oxygen atoms in total. The third-order valence-corrected chi connectivity index (χ3v) is 5.37. The number of aryl methyl sites for hydroxylation is 2. The van der Waals surface area contributed by atoms with Gasteiger partial charge in [-0.2, -0.15) is 5.10 Å². The second kappa shape index (κ2) is 10.3. The lowest BCUT2D eigenvalue weighted by molar-refractivity contribution is -0.384. The number of carbonyl (C=O) groups is 1. The summed E-state index contributed by atoms with van der Waals surface area (Å²) in [4.78, 5) is 23.9. The number of benzene rings is 3. The molecule has 4 aromatic rings. The molecule has 0 radical (unpaired) electrons. The molecule has 0 saturated heterocycles. The number of halogens is 1. The summed E-state index contributed by atoms with van der Waals surface area (Å²) in [5.41, 5.74) is 2.02. The van der Waals surface area contributed by atoms with Crippen LogP contribution in [0.4, 0.5) is 11.4 Å². The maximum Gasteiger partial charge on any atom is 0.275 e. The Bertz CT molecular complexity index is 1400. The van der Waals surface area contributed by atoms with Gasteiger partial charge in [0.15, 0.2) is 6.73 Å². The number of nitrogens with one attached hydrogen (secondary N) is 1. The van der Waals surface area contributed by atoms with Gasteiger partial charge in [-0.3, -0.25) is 14.9 Å². The fourth-order valence-corrected chi connectivity index (χ4v) is 3.47. The quantitative estimate of drug-likeness (QED) is 0.233. The van der Waals surface area contributed by atoms with Crippen LogP contribution in [0.5, 0.6) is 17.2 Å². The lowest BCUT2D eigenvalue weighted by Gasteiger charge is -2.13. The zero-order valence-electron chi connectivity index (χ0n) is 18.9.